The molecule has 1 unspecified atom stereocenters. The minimum atomic E-state index is -1.21. The average molecular weight is 253 g/mol. The number of benzene rings is 1. The predicted octanol–water partition coefficient (Wildman–Crippen LogP) is 1.50. The Labute approximate surface area is 103 Å². The van der Waals surface area contributed by atoms with Crippen molar-refractivity contribution in [2.24, 2.45) is 5.92 Å². The first-order valence-corrected chi connectivity index (χ1v) is 5.49. The Kier molecular flexibility index (Phi) is 3.57. The number of hydrogen-bond acceptors (Lipinski definition) is 3. The van der Waals surface area contributed by atoms with Gasteiger partial charge in [-0.2, -0.15) is 0 Å². The highest BCUT2D eigenvalue weighted by Crippen LogP contribution is 2.19. The van der Waals surface area contributed by atoms with Gasteiger partial charge in [0.1, 0.15) is 5.82 Å². The largest absolute Gasteiger partial charge is 0.478 e. The van der Waals surface area contributed by atoms with E-state index in [9.17, 15) is 14.0 Å². The predicted molar refractivity (Wildman–Crippen MR) is 60.9 cm³/mol. The number of aromatic carboxylic acids is 1. The Balaban J connectivity index is 2.09. The van der Waals surface area contributed by atoms with E-state index in [4.69, 9.17) is 9.84 Å². The third-order valence-corrected chi connectivity index (χ3v) is 2.77. The second-order valence-electron chi connectivity index (χ2n) is 4.05. The molecule has 96 valence electrons. The fourth-order valence-corrected chi connectivity index (χ4v) is 1.73. The Morgan fingerprint density at radius 1 is 1.44 bits per heavy atom. The molecule has 0 saturated carbocycles. The number of amides is 1. The molecule has 18 heavy (non-hydrogen) atoms. The summed E-state index contributed by atoms with van der Waals surface area (Å²) in [5, 5.41) is 11.1. The van der Waals surface area contributed by atoms with Gasteiger partial charge >= 0.3 is 5.97 Å². The van der Waals surface area contributed by atoms with Crippen molar-refractivity contribution in [3.8, 4) is 0 Å². The zero-order chi connectivity index (χ0) is 13.1. The summed E-state index contributed by atoms with van der Waals surface area (Å²) >= 11 is 0. The van der Waals surface area contributed by atoms with E-state index in [-0.39, 0.29) is 23.1 Å². The standard InChI is InChI=1S/C12H12FNO4/c13-9-5-7(12(16)17)1-2-10(9)14-11(15)8-3-4-18-6-8/h1-2,5,8H,3-4,6H2,(H,14,15)(H,16,17). The molecule has 2 N–H and O–H groups in total. The third-order valence-electron chi connectivity index (χ3n) is 2.77. The molecule has 6 heteroatoms. The summed E-state index contributed by atoms with van der Waals surface area (Å²) in [6.45, 7) is 0.860. The maximum atomic E-state index is 13.5. The molecule has 1 aliphatic heterocycles. The van der Waals surface area contributed by atoms with Crippen LogP contribution in [0.25, 0.3) is 0 Å². The van der Waals surface area contributed by atoms with Crippen LogP contribution in [-0.4, -0.2) is 30.2 Å². The lowest BCUT2D eigenvalue weighted by Gasteiger charge is -2.10. The summed E-state index contributed by atoms with van der Waals surface area (Å²) in [5.74, 6) is -2.56. The van der Waals surface area contributed by atoms with Gasteiger partial charge in [-0.15, -0.1) is 0 Å². The minimum absolute atomic E-state index is 0.0168. The average Bonchev–Trinajstić information content (AvgIpc) is 2.85. The van der Waals surface area contributed by atoms with Gasteiger partial charge in [-0.3, -0.25) is 4.79 Å². The van der Waals surface area contributed by atoms with Crippen LogP contribution in [0.2, 0.25) is 0 Å². The van der Waals surface area contributed by atoms with Crippen molar-refractivity contribution in [3.05, 3.63) is 29.6 Å². The van der Waals surface area contributed by atoms with Crippen molar-refractivity contribution in [1.82, 2.24) is 0 Å². The van der Waals surface area contributed by atoms with Crippen LogP contribution in [0.5, 0.6) is 0 Å². The number of carbonyl (C=O) groups excluding carboxylic acids is 1. The Morgan fingerprint density at radius 3 is 2.78 bits per heavy atom. The third kappa shape index (κ3) is 2.65. The smallest absolute Gasteiger partial charge is 0.335 e. The first kappa shape index (κ1) is 12.5. The molecule has 2 rings (SSSR count). The van der Waals surface area contributed by atoms with Crippen LogP contribution in [0.4, 0.5) is 10.1 Å². The second-order valence-corrected chi connectivity index (χ2v) is 4.05. The monoisotopic (exact) mass is 253 g/mol. The molecule has 1 heterocycles. The zero-order valence-corrected chi connectivity index (χ0v) is 9.48. The van der Waals surface area contributed by atoms with Gasteiger partial charge in [0.25, 0.3) is 0 Å². The number of carbonyl (C=O) groups is 2. The van der Waals surface area contributed by atoms with Crippen molar-refractivity contribution in [2.75, 3.05) is 18.5 Å². The number of nitrogens with one attached hydrogen (secondary N) is 1. The molecule has 0 spiro atoms. The Bertz CT molecular complexity index is 483. The van der Waals surface area contributed by atoms with Crippen molar-refractivity contribution in [2.45, 2.75) is 6.42 Å². The quantitative estimate of drug-likeness (QED) is 0.855. The Hall–Kier alpha value is -1.95. The summed E-state index contributed by atoms with van der Waals surface area (Å²) in [6.07, 6.45) is 0.612. The topological polar surface area (TPSA) is 75.6 Å². The van der Waals surface area contributed by atoms with Gasteiger partial charge in [0.05, 0.1) is 23.8 Å². The van der Waals surface area contributed by atoms with Gasteiger partial charge in [0.2, 0.25) is 5.91 Å². The van der Waals surface area contributed by atoms with E-state index in [0.717, 1.165) is 6.07 Å². The number of anilines is 1. The van der Waals surface area contributed by atoms with Crippen molar-refractivity contribution in [1.29, 1.82) is 0 Å². The Morgan fingerprint density at radius 2 is 2.22 bits per heavy atom. The number of ether oxygens (including phenoxy) is 1. The van der Waals surface area contributed by atoms with E-state index in [0.29, 0.717) is 19.6 Å². The minimum Gasteiger partial charge on any atom is -0.478 e. The van der Waals surface area contributed by atoms with Gasteiger partial charge in [-0.1, -0.05) is 0 Å². The van der Waals surface area contributed by atoms with E-state index in [1.165, 1.54) is 12.1 Å². The molecule has 5 nitrogen and oxygen atoms in total. The van der Waals surface area contributed by atoms with Crippen LogP contribution in [-0.2, 0) is 9.53 Å². The van der Waals surface area contributed by atoms with Crippen LogP contribution >= 0.6 is 0 Å². The normalized spacial score (nSPS) is 18.6. The van der Waals surface area contributed by atoms with Crippen LogP contribution < -0.4 is 5.32 Å². The molecule has 1 fully saturated rings. The molecular weight excluding hydrogens is 241 g/mol. The number of halogens is 1. The van der Waals surface area contributed by atoms with Crippen LogP contribution in [0.1, 0.15) is 16.8 Å². The molecular formula is C12H12FNO4. The lowest BCUT2D eigenvalue weighted by Crippen LogP contribution is -2.23. The van der Waals surface area contributed by atoms with Crippen molar-refractivity contribution in [3.63, 3.8) is 0 Å². The molecule has 0 radical (unpaired) electrons. The van der Waals surface area contributed by atoms with E-state index < -0.39 is 11.8 Å². The number of carboxylic acids is 1. The summed E-state index contributed by atoms with van der Waals surface area (Å²) in [7, 11) is 0. The highest BCUT2D eigenvalue weighted by atomic mass is 19.1. The molecule has 1 aliphatic rings. The molecule has 1 saturated heterocycles. The zero-order valence-electron chi connectivity index (χ0n) is 9.48. The fraction of sp³-hybridized carbons (Fsp3) is 0.333. The summed E-state index contributed by atoms with van der Waals surface area (Å²) in [5.41, 5.74) is -0.174. The maximum absolute atomic E-state index is 13.5. The van der Waals surface area contributed by atoms with Gasteiger partial charge < -0.3 is 15.2 Å². The first-order chi connectivity index (χ1) is 8.58. The fourth-order valence-electron chi connectivity index (χ4n) is 1.73. The summed E-state index contributed by atoms with van der Waals surface area (Å²) < 4.78 is 18.6. The molecule has 1 aromatic carbocycles. The van der Waals surface area contributed by atoms with Gasteiger partial charge in [-0.05, 0) is 24.6 Å². The van der Waals surface area contributed by atoms with Crippen LogP contribution in [0.3, 0.4) is 0 Å². The molecule has 0 aromatic heterocycles. The van der Waals surface area contributed by atoms with Gasteiger partial charge in [-0.25, -0.2) is 9.18 Å². The molecule has 1 aromatic rings. The number of carboxylic acid groups (broad SMARTS) is 1. The van der Waals surface area contributed by atoms with E-state index in [1.54, 1.807) is 0 Å². The summed E-state index contributed by atoms with van der Waals surface area (Å²) in [4.78, 5) is 22.3. The molecule has 1 amide bonds. The maximum Gasteiger partial charge on any atom is 0.335 e. The molecule has 0 aliphatic carbocycles. The lowest BCUT2D eigenvalue weighted by atomic mass is 10.1. The van der Waals surface area contributed by atoms with Crippen LogP contribution in [0, 0.1) is 11.7 Å². The SMILES string of the molecule is O=C(O)c1ccc(NC(=O)C2CCOC2)c(F)c1. The van der Waals surface area contributed by atoms with E-state index in [2.05, 4.69) is 5.32 Å². The summed E-state index contributed by atoms with van der Waals surface area (Å²) in [6, 6.07) is 3.36. The highest BCUT2D eigenvalue weighted by molar-refractivity contribution is 5.94. The highest BCUT2D eigenvalue weighted by Gasteiger charge is 2.24. The lowest BCUT2D eigenvalue weighted by molar-refractivity contribution is -0.119. The van der Waals surface area contributed by atoms with Gasteiger partial charge in [0.15, 0.2) is 0 Å². The van der Waals surface area contributed by atoms with Crippen molar-refractivity contribution < 1.29 is 23.8 Å². The van der Waals surface area contributed by atoms with E-state index in [1.807, 2.05) is 0 Å². The van der Waals surface area contributed by atoms with Gasteiger partial charge in [0, 0.05) is 6.61 Å². The molecule has 0 bridgehead atoms. The molecule has 1 atom stereocenters. The second kappa shape index (κ2) is 5.14. The number of rotatable bonds is 3. The van der Waals surface area contributed by atoms with E-state index >= 15 is 0 Å². The van der Waals surface area contributed by atoms with Crippen LogP contribution in [0.15, 0.2) is 18.2 Å². The van der Waals surface area contributed by atoms with Crippen molar-refractivity contribution >= 4 is 17.6 Å². The first-order valence-electron chi connectivity index (χ1n) is 5.49. The number of hydrogen-bond donors (Lipinski definition) is 2.